The van der Waals surface area contributed by atoms with Crippen molar-refractivity contribution in [3.05, 3.63) is 72.2 Å². The van der Waals surface area contributed by atoms with E-state index < -0.39 is 23.4 Å². The highest BCUT2D eigenvalue weighted by atomic mass is 19.1. The number of ether oxygens (including phenoxy) is 1. The lowest BCUT2D eigenvalue weighted by molar-refractivity contribution is 0.115. The average Bonchev–Trinajstić information content (AvgIpc) is 3.01. The fourth-order valence-corrected chi connectivity index (χ4v) is 5.41. The van der Waals surface area contributed by atoms with Crippen LogP contribution in [0.2, 0.25) is 0 Å². The minimum absolute atomic E-state index is 0.0851. The number of anilines is 4. The van der Waals surface area contributed by atoms with Crippen molar-refractivity contribution in [3.63, 3.8) is 0 Å². The maximum atomic E-state index is 13.9. The van der Waals surface area contributed by atoms with Gasteiger partial charge in [0.1, 0.15) is 47.1 Å². The summed E-state index contributed by atoms with van der Waals surface area (Å²) < 4.78 is 34.1. The number of aromatic nitrogens is 3. The molecule has 0 spiro atoms. The number of piperazine rings is 1. The van der Waals surface area contributed by atoms with Gasteiger partial charge in [0.25, 0.3) is 0 Å². The van der Waals surface area contributed by atoms with Gasteiger partial charge in [0.05, 0.1) is 11.7 Å². The number of carbonyl (C=O) groups excluding carboxylic acids is 1. The van der Waals surface area contributed by atoms with Crippen molar-refractivity contribution in [1.82, 2.24) is 24.8 Å². The van der Waals surface area contributed by atoms with E-state index in [1.807, 2.05) is 31.2 Å². The van der Waals surface area contributed by atoms with Crippen molar-refractivity contribution in [2.75, 3.05) is 61.8 Å². The number of halogens is 2. The van der Waals surface area contributed by atoms with Crippen molar-refractivity contribution >= 4 is 39.9 Å². The van der Waals surface area contributed by atoms with Gasteiger partial charge < -0.3 is 30.1 Å². The van der Waals surface area contributed by atoms with Crippen LogP contribution in [0.4, 0.5) is 36.6 Å². The summed E-state index contributed by atoms with van der Waals surface area (Å²) in [6.07, 6.45) is 4.45. The van der Waals surface area contributed by atoms with Crippen LogP contribution in [0.25, 0.3) is 10.9 Å². The number of aryl methyl sites for hydroxylation is 1. The van der Waals surface area contributed by atoms with E-state index in [-0.39, 0.29) is 6.10 Å². The molecular formula is C31H34F2N8O2. The molecule has 0 radical (unpaired) electrons. The molecule has 0 atom stereocenters. The second-order valence-electron chi connectivity index (χ2n) is 11.0. The van der Waals surface area contributed by atoms with Crippen LogP contribution in [0.3, 0.4) is 0 Å². The molecule has 0 saturated carbocycles. The molecule has 12 heteroatoms. The molecule has 10 nitrogen and oxygen atoms in total. The number of pyridine rings is 1. The average molecular weight is 589 g/mol. The van der Waals surface area contributed by atoms with E-state index >= 15 is 0 Å². The Balaban J connectivity index is 1.07. The number of likely N-dealkylation sites (tertiary alicyclic amines) is 1. The van der Waals surface area contributed by atoms with Gasteiger partial charge in [-0.15, -0.1) is 0 Å². The summed E-state index contributed by atoms with van der Waals surface area (Å²) in [7, 11) is 2.13. The SMILES string of the molecule is Cc1cc(Nc2ncnc3cnc(N4CCN(C)CC4)cc23)ccc1OC1CCN(C(=O)Nc2c(F)cccc2F)CC1. The fourth-order valence-electron chi connectivity index (χ4n) is 5.41. The Morgan fingerprint density at radius 2 is 1.70 bits per heavy atom. The molecule has 2 aliphatic rings. The standard InChI is InChI=1S/C31H34F2N8O2/c1-20-16-21(37-30-23-17-28(34-18-26(23)35-19-36-30)40-14-12-39(2)13-15-40)6-7-27(20)43-22-8-10-41(11-9-22)31(42)38-29-24(32)4-3-5-25(29)33/h3-7,16-19,22H,8-15H2,1-2H3,(H,38,42)(H,35,36,37). The molecule has 2 amide bonds. The highest BCUT2D eigenvalue weighted by Gasteiger charge is 2.26. The molecular weight excluding hydrogens is 554 g/mol. The van der Waals surface area contributed by atoms with E-state index in [2.05, 4.69) is 42.4 Å². The van der Waals surface area contributed by atoms with Crippen molar-refractivity contribution in [3.8, 4) is 5.75 Å². The van der Waals surface area contributed by atoms with Gasteiger partial charge >= 0.3 is 6.03 Å². The number of hydrogen-bond acceptors (Lipinski definition) is 8. The zero-order valence-corrected chi connectivity index (χ0v) is 24.2. The minimum Gasteiger partial charge on any atom is -0.490 e. The molecule has 43 heavy (non-hydrogen) atoms. The molecule has 2 N–H and O–H groups in total. The van der Waals surface area contributed by atoms with Crippen molar-refractivity contribution in [1.29, 1.82) is 0 Å². The number of rotatable bonds is 6. The molecule has 6 rings (SSSR count). The van der Waals surface area contributed by atoms with Crippen LogP contribution in [0.15, 0.2) is 55.0 Å². The molecule has 0 bridgehead atoms. The first-order valence-electron chi connectivity index (χ1n) is 14.4. The van der Waals surface area contributed by atoms with Crippen LogP contribution in [-0.4, -0.2) is 83.2 Å². The highest BCUT2D eigenvalue weighted by Crippen LogP contribution is 2.30. The Morgan fingerprint density at radius 3 is 2.42 bits per heavy atom. The number of amides is 2. The van der Waals surface area contributed by atoms with Crippen molar-refractivity contribution < 1.29 is 18.3 Å². The van der Waals surface area contributed by atoms with Gasteiger partial charge in [0.15, 0.2) is 0 Å². The number of benzene rings is 2. The summed E-state index contributed by atoms with van der Waals surface area (Å²) >= 11 is 0. The number of urea groups is 1. The monoisotopic (exact) mass is 588 g/mol. The third kappa shape index (κ3) is 6.43. The predicted octanol–water partition coefficient (Wildman–Crippen LogP) is 5.18. The van der Waals surface area contributed by atoms with Gasteiger partial charge in [-0.1, -0.05) is 6.07 Å². The first-order chi connectivity index (χ1) is 20.8. The third-order valence-electron chi connectivity index (χ3n) is 7.99. The van der Waals surface area contributed by atoms with E-state index in [1.54, 1.807) is 11.1 Å². The molecule has 4 aromatic rings. The normalized spacial score (nSPS) is 16.4. The minimum atomic E-state index is -0.805. The maximum absolute atomic E-state index is 13.9. The first-order valence-corrected chi connectivity index (χ1v) is 14.4. The number of nitrogens with one attached hydrogen (secondary N) is 2. The van der Waals surface area contributed by atoms with Gasteiger partial charge in [-0.25, -0.2) is 28.5 Å². The van der Waals surface area contributed by atoms with E-state index in [1.165, 1.54) is 12.4 Å². The smallest absolute Gasteiger partial charge is 0.322 e. The molecule has 0 aliphatic carbocycles. The maximum Gasteiger partial charge on any atom is 0.322 e. The van der Waals surface area contributed by atoms with E-state index in [0.29, 0.717) is 31.7 Å². The summed E-state index contributed by atoms with van der Waals surface area (Å²) in [6.45, 7) is 6.65. The lowest BCUT2D eigenvalue weighted by atomic mass is 10.1. The van der Waals surface area contributed by atoms with Gasteiger partial charge in [-0.2, -0.15) is 0 Å². The number of para-hydroxylation sites is 1. The summed E-state index contributed by atoms with van der Waals surface area (Å²) in [5.41, 5.74) is 2.16. The van der Waals surface area contributed by atoms with Crippen LogP contribution in [0, 0.1) is 18.6 Å². The van der Waals surface area contributed by atoms with Gasteiger partial charge in [0, 0.05) is 63.2 Å². The fraction of sp³-hybridized carbons (Fsp3) is 0.355. The number of nitrogens with zero attached hydrogens (tertiary/aromatic N) is 6. The number of hydrogen-bond donors (Lipinski definition) is 2. The number of piperidine rings is 1. The quantitative estimate of drug-likeness (QED) is 0.318. The molecule has 2 fully saturated rings. The largest absolute Gasteiger partial charge is 0.490 e. The molecule has 0 unspecified atom stereocenters. The van der Waals surface area contributed by atoms with E-state index in [9.17, 15) is 13.6 Å². The lowest BCUT2D eigenvalue weighted by Crippen LogP contribution is -2.44. The second kappa shape index (κ2) is 12.3. The topological polar surface area (TPSA) is 98.8 Å². The Labute approximate surface area is 248 Å². The zero-order chi connectivity index (χ0) is 29.9. The van der Waals surface area contributed by atoms with Crippen molar-refractivity contribution in [2.45, 2.75) is 25.9 Å². The summed E-state index contributed by atoms with van der Waals surface area (Å²) in [4.78, 5) is 32.3. The molecule has 2 aromatic heterocycles. The van der Waals surface area contributed by atoms with Crippen LogP contribution in [0.5, 0.6) is 5.75 Å². The molecule has 2 aliphatic heterocycles. The lowest BCUT2D eigenvalue weighted by Gasteiger charge is -2.33. The summed E-state index contributed by atoms with van der Waals surface area (Å²) in [5.74, 6) is 0.773. The van der Waals surface area contributed by atoms with Gasteiger partial charge in [0.2, 0.25) is 0 Å². The van der Waals surface area contributed by atoms with Crippen LogP contribution in [-0.2, 0) is 0 Å². The Bertz CT molecular complexity index is 1600. The molecule has 224 valence electrons. The van der Waals surface area contributed by atoms with Crippen molar-refractivity contribution in [2.24, 2.45) is 0 Å². The van der Waals surface area contributed by atoms with Crippen LogP contribution < -0.4 is 20.3 Å². The first kappa shape index (κ1) is 28.5. The summed E-state index contributed by atoms with van der Waals surface area (Å²) in [6, 6.07) is 10.9. The number of likely N-dealkylation sites (N-methyl/N-ethyl adjacent to an activating group) is 1. The molecule has 2 aromatic carbocycles. The van der Waals surface area contributed by atoms with E-state index in [4.69, 9.17) is 4.74 Å². The third-order valence-corrected chi connectivity index (χ3v) is 7.99. The molecule has 2 saturated heterocycles. The summed E-state index contributed by atoms with van der Waals surface area (Å²) in [5, 5.41) is 6.69. The number of carbonyl (C=O) groups is 1. The Kier molecular flexibility index (Phi) is 8.19. The van der Waals surface area contributed by atoms with Gasteiger partial charge in [-0.05, 0) is 55.9 Å². The predicted molar refractivity (Wildman–Crippen MR) is 162 cm³/mol. The Morgan fingerprint density at radius 1 is 0.953 bits per heavy atom. The zero-order valence-electron chi connectivity index (χ0n) is 24.2. The van der Waals surface area contributed by atoms with E-state index in [0.717, 1.165) is 72.0 Å². The number of fused-ring (bicyclic) bond motifs is 1. The van der Waals surface area contributed by atoms with Gasteiger partial charge in [-0.3, -0.25) is 0 Å². The van der Waals surface area contributed by atoms with Crippen LogP contribution in [0.1, 0.15) is 18.4 Å². The Hall–Kier alpha value is -4.58. The molecule has 4 heterocycles. The van der Waals surface area contributed by atoms with Crippen LogP contribution >= 0.6 is 0 Å². The second-order valence-corrected chi connectivity index (χ2v) is 11.0. The highest BCUT2D eigenvalue weighted by molar-refractivity contribution is 5.92.